The van der Waals surface area contributed by atoms with Gasteiger partial charge in [0.25, 0.3) is 5.91 Å². The molecule has 1 amide bonds. The maximum atomic E-state index is 12.4. The molecule has 1 aromatic heterocycles. The van der Waals surface area contributed by atoms with Crippen LogP contribution < -0.4 is 5.32 Å². The molecule has 0 bridgehead atoms. The Morgan fingerprint density at radius 2 is 1.86 bits per heavy atom. The number of thiophene rings is 1. The molecule has 108 valence electrons. The second-order valence-corrected chi connectivity index (χ2v) is 5.73. The minimum absolute atomic E-state index is 0.158. The summed E-state index contributed by atoms with van der Waals surface area (Å²) in [7, 11) is 0. The van der Waals surface area contributed by atoms with Crippen molar-refractivity contribution >= 4 is 34.8 Å². The lowest BCUT2D eigenvalue weighted by atomic mass is 9.98. The standard InChI is InChI=1S/C17H17NO2S/c1-12(2)16(19)15(10-13-8-9-21-11-13)17(20)18-14-6-4-3-5-7-14/h3-12H,1-2H3,(H,18,20)/b15-10+. The van der Waals surface area contributed by atoms with E-state index in [4.69, 9.17) is 0 Å². The molecule has 0 aliphatic heterocycles. The zero-order valence-electron chi connectivity index (χ0n) is 12.0. The van der Waals surface area contributed by atoms with Gasteiger partial charge in [-0.15, -0.1) is 0 Å². The van der Waals surface area contributed by atoms with E-state index >= 15 is 0 Å². The highest BCUT2D eigenvalue weighted by Gasteiger charge is 2.21. The topological polar surface area (TPSA) is 46.2 Å². The lowest BCUT2D eigenvalue weighted by molar-refractivity contribution is -0.121. The van der Waals surface area contributed by atoms with Crippen LogP contribution in [-0.2, 0) is 9.59 Å². The van der Waals surface area contributed by atoms with Crippen LogP contribution in [0.4, 0.5) is 5.69 Å². The number of rotatable bonds is 5. The first-order chi connectivity index (χ1) is 10.1. The maximum absolute atomic E-state index is 12.4. The molecule has 1 N–H and O–H groups in total. The van der Waals surface area contributed by atoms with Crippen LogP contribution in [0.25, 0.3) is 6.08 Å². The summed E-state index contributed by atoms with van der Waals surface area (Å²) in [6, 6.07) is 11.0. The zero-order chi connectivity index (χ0) is 15.2. The molecule has 21 heavy (non-hydrogen) atoms. The lowest BCUT2D eigenvalue weighted by Gasteiger charge is -2.10. The van der Waals surface area contributed by atoms with E-state index in [1.165, 1.54) is 11.3 Å². The highest BCUT2D eigenvalue weighted by Crippen LogP contribution is 2.16. The van der Waals surface area contributed by atoms with Gasteiger partial charge in [0.15, 0.2) is 5.78 Å². The molecule has 0 radical (unpaired) electrons. The van der Waals surface area contributed by atoms with Crippen molar-refractivity contribution in [1.82, 2.24) is 0 Å². The summed E-state index contributed by atoms with van der Waals surface area (Å²) in [5, 5.41) is 6.59. The third-order valence-corrected chi connectivity index (χ3v) is 3.62. The van der Waals surface area contributed by atoms with E-state index < -0.39 is 0 Å². The number of carbonyl (C=O) groups excluding carboxylic acids is 2. The van der Waals surface area contributed by atoms with Crippen LogP contribution in [0.2, 0.25) is 0 Å². The van der Waals surface area contributed by atoms with Crippen molar-refractivity contribution in [1.29, 1.82) is 0 Å². The molecule has 0 saturated heterocycles. The summed E-state index contributed by atoms with van der Waals surface area (Å²) >= 11 is 1.53. The summed E-state index contributed by atoms with van der Waals surface area (Å²) in [6.07, 6.45) is 1.65. The molecule has 1 heterocycles. The van der Waals surface area contributed by atoms with E-state index in [1.807, 2.05) is 35.0 Å². The molecule has 0 spiro atoms. The average Bonchev–Trinajstić information content (AvgIpc) is 2.98. The Kier molecular flexibility index (Phi) is 5.06. The fourth-order valence-electron chi connectivity index (χ4n) is 1.80. The smallest absolute Gasteiger partial charge is 0.259 e. The summed E-state index contributed by atoms with van der Waals surface area (Å²) in [5.74, 6) is -0.753. The maximum Gasteiger partial charge on any atom is 0.259 e. The van der Waals surface area contributed by atoms with Crippen molar-refractivity contribution < 1.29 is 9.59 Å². The van der Waals surface area contributed by atoms with Gasteiger partial charge in [-0.05, 0) is 40.6 Å². The first kappa shape index (κ1) is 15.2. The van der Waals surface area contributed by atoms with Crippen molar-refractivity contribution in [3.05, 3.63) is 58.3 Å². The summed E-state index contributed by atoms with van der Waals surface area (Å²) in [4.78, 5) is 24.7. The number of hydrogen-bond donors (Lipinski definition) is 1. The number of para-hydroxylation sites is 1. The van der Waals surface area contributed by atoms with E-state index in [-0.39, 0.29) is 23.2 Å². The van der Waals surface area contributed by atoms with Gasteiger partial charge in [-0.25, -0.2) is 0 Å². The van der Waals surface area contributed by atoms with Crippen molar-refractivity contribution in [2.24, 2.45) is 5.92 Å². The molecule has 2 rings (SSSR count). The van der Waals surface area contributed by atoms with Gasteiger partial charge in [0.1, 0.15) is 0 Å². The quantitative estimate of drug-likeness (QED) is 0.515. The van der Waals surface area contributed by atoms with Gasteiger partial charge in [0.2, 0.25) is 0 Å². The molecule has 1 aromatic carbocycles. The SMILES string of the molecule is CC(C)C(=O)/C(=C\c1ccsc1)C(=O)Nc1ccccc1. The van der Waals surface area contributed by atoms with Gasteiger partial charge in [-0.2, -0.15) is 11.3 Å². The van der Waals surface area contributed by atoms with E-state index in [2.05, 4.69) is 5.32 Å². The second kappa shape index (κ2) is 6.99. The molecular formula is C17H17NO2S. The van der Waals surface area contributed by atoms with Crippen molar-refractivity contribution in [3.8, 4) is 0 Å². The number of hydrogen-bond acceptors (Lipinski definition) is 3. The van der Waals surface area contributed by atoms with Crippen LogP contribution in [-0.4, -0.2) is 11.7 Å². The third kappa shape index (κ3) is 4.13. The van der Waals surface area contributed by atoms with Gasteiger partial charge in [0.05, 0.1) is 5.57 Å². The lowest BCUT2D eigenvalue weighted by Crippen LogP contribution is -2.23. The molecular weight excluding hydrogens is 282 g/mol. The number of benzene rings is 1. The Hall–Kier alpha value is -2.20. The molecule has 0 saturated carbocycles. The molecule has 0 unspecified atom stereocenters. The van der Waals surface area contributed by atoms with Crippen LogP contribution in [0.15, 0.2) is 52.7 Å². The van der Waals surface area contributed by atoms with Crippen molar-refractivity contribution in [3.63, 3.8) is 0 Å². The van der Waals surface area contributed by atoms with Gasteiger partial charge >= 0.3 is 0 Å². The summed E-state index contributed by atoms with van der Waals surface area (Å²) in [6.45, 7) is 3.58. The molecule has 0 aliphatic carbocycles. The van der Waals surface area contributed by atoms with Gasteiger partial charge in [-0.3, -0.25) is 9.59 Å². The van der Waals surface area contributed by atoms with E-state index in [0.717, 1.165) is 5.56 Å². The number of ketones is 1. The Bertz CT molecular complexity index is 643. The van der Waals surface area contributed by atoms with Gasteiger partial charge < -0.3 is 5.32 Å². The molecule has 4 heteroatoms. The summed E-state index contributed by atoms with van der Waals surface area (Å²) in [5.41, 5.74) is 1.73. The van der Waals surface area contributed by atoms with Crippen molar-refractivity contribution in [2.75, 3.05) is 5.32 Å². The third-order valence-electron chi connectivity index (χ3n) is 2.92. The molecule has 2 aromatic rings. The number of carbonyl (C=O) groups is 2. The minimum atomic E-state index is -0.369. The van der Waals surface area contributed by atoms with E-state index in [0.29, 0.717) is 5.69 Å². The largest absolute Gasteiger partial charge is 0.322 e. The van der Waals surface area contributed by atoms with Crippen molar-refractivity contribution in [2.45, 2.75) is 13.8 Å². The highest BCUT2D eigenvalue weighted by atomic mass is 32.1. The average molecular weight is 299 g/mol. The Morgan fingerprint density at radius 3 is 2.43 bits per heavy atom. The molecule has 0 aliphatic rings. The van der Waals surface area contributed by atoms with E-state index in [9.17, 15) is 9.59 Å². The predicted octanol–water partition coefficient (Wildman–Crippen LogP) is 4.00. The van der Waals surface area contributed by atoms with Crippen LogP contribution in [0.5, 0.6) is 0 Å². The second-order valence-electron chi connectivity index (χ2n) is 4.95. The monoisotopic (exact) mass is 299 g/mol. The first-order valence-electron chi connectivity index (χ1n) is 6.72. The molecule has 0 atom stereocenters. The Balaban J connectivity index is 2.27. The normalized spacial score (nSPS) is 11.5. The number of anilines is 1. The van der Waals surface area contributed by atoms with Crippen LogP contribution in [0.1, 0.15) is 19.4 Å². The van der Waals surface area contributed by atoms with Gasteiger partial charge in [-0.1, -0.05) is 32.0 Å². The van der Waals surface area contributed by atoms with E-state index in [1.54, 1.807) is 32.1 Å². The zero-order valence-corrected chi connectivity index (χ0v) is 12.8. The van der Waals surface area contributed by atoms with Gasteiger partial charge in [0, 0.05) is 11.6 Å². The number of amides is 1. The molecule has 3 nitrogen and oxygen atoms in total. The molecule has 0 fully saturated rings. The van der Waals surface area contributed by atoms with Crippen LogP contribution in [0.3, 0.4) is 0 Å². The highest BCUT2D eigenvalue weighted by molar-refractivity contribution is 7.08. The fourth-order valence-corrected chi connectivity index (χ4v) is 2.42. The summed E-state index contributed by atoms with van der Waals surface area (Å²) < 4.78 is 0. The predicted molar refractivity (Wildman–Crippen MR) is 87.2 cm³/mol. The number of nitrogens with one attached hydrogen (secondary N) is 1. The van der Waals surface area contributed by atoms with Crippen LogP contribution >= 0.6 is 11.3 Å². The van der Waals surface area contributed by atoms with Crippen LogP contribution in [0, 0.1) is 5.92 Å². The Labute approximate surface area is 128 Å². The minimum Gasteiger partial charge on any atom is -0.322 e. The Morgan fingerprint density at radius 1 is 1.14 bits per heavy atom. The number of Topliss-reactive ketones (excluding diaryl/α,β-unsaturated/α-hetero) is 1. The first-order valence-corrected chi connectivity index (χ1v) is 7.66. The fraction of sp³-hybridized carbons (Fsp3) is 0.176.